The first-order valence-electron chi connectivity index (χ1n) is 11.2. The zero-order chi connectivity index (χ0) is 19.7. The molecular weight excluding hydrogens is 326 g/mol. The molecule has 0 rings (SSSR count). The number of nitrogens with zero attached hydrogens (tertiary/aromatic N) is 1. The molecule has 0 heterocycles. The van der Waals surface area contributed by atoms with E-state index in [1.807, 2.05) is 14.1 Å². The fraction of sp³-hybridized carbons (Fsp3) is 1.00. The van der Waals surface area contributed by atoms with Gasteiger partial charge in [-0.1, -0.05) is 84.0 Å². The molecule has 0 aliphatic rings. The van der Waals surface area contributed by atoms with Crippen LogP contribution in [0.4, 0.5) is 0 Å². The maximum absolute atomic E-state index is 9.59. The lowest BCUT2D eigenvalue weighted by molar-refractivity contribution is -0.944. The second-order valence-electron chi connectivity index (χ2n) is 8.70. The summed E-state index contributed by atoms with van der Waals surface area (Å²) in [7, 11) is 3.98. The summed E-state index contributed by atoms with van der Waals surface area (Å²) in [5.74, 6) is 0. The van der Waals surface area contributed by atoms with Crippen LogP contribution in [-0.2, 0) is 0 Å². The highest BCUT2D eigenvalue weighted by atomic mass is 16.3. The van der Waals surface area contributed by atoms with Gasteiger partial charge in [0.2, 0.25) is 0 Å². The summed E-state index contributed by atoms with van der Waals surface area (Å²) in [5, 5.41) is 28.8. The van der Waals surface area contributed by atoms with Crippen LogP contribution >= 0.6 is 0 Å². The first-order valence-corrected chi connectivity index (χ1v) is 11.2. The Morgan fingerprint density at radius 1 is 0.538 bits per heavy atom. The lowest BCUT2D eigenvalue weighted by atomic mass is 9.97. The summed E-state index contributed by atoms with van der Waals surface area (Å²) in [5.41, 5.74) is -0.837. The maximum Gasteiger partial charge on any atom is 0.168 e. The molecule has 0 unspecified atom stereocenters. The summed E-state index contributed by atoms with van der Waals surface area (Å²) in [6.45, 7) is 2.58. The van der Waals surface area contributed by atoms with Crippen LogP contribution in [0.2, 0.25) is 0 Å². The van der Waals surface area contributed by atoms with E-state index in [0.717, 1.165) is 13.0 Å². The average molecular weight is 375 g/mol. The Hall–Kier alpha value is -0.160. The summed E-state index contributed by atoms with van der Waals surface area (Å²) in [6.07, 6.45) is 18.8. The van der Waals surface area contributed by atoms with Crippen LogP contribution < -0.4 is 0 Å². The molecular formula is C22H48NO3+. The molecule has 3 N–H and O–H groups in total. The molecule has 158 valence electrons. The summed E-state index contributed by atoms with van der Waals surface area (Å²) in [6, 6.07) is 0. The first kappa shape index (κ1) is 25.8. The van der Waals surface area contributed by atoms with Gasteiger partial charge in [-0.3, -0.25) is 0 Å². The predicted molar refractivity (Wildman–Crippen MR) is 111 cm³/mol. The van der Waals surface area contributed by atoms with Crippen molar-refractivity contribution in [3.8, 4) is 0 Å². The minimum absolute atomic E-state index is 0.189. The Balaban J connectivity index is 3.56. The van der Waals surface area contributed by atoms with E-state index in [1.165, 1.54) is 83.5 Å². The van der Waals surface area contributed by atoms with Gasteiger partial charge in [0.05, 0.1) is 20.6 Å². The molecule has 0 saturated carbocycles. The fourth-order valence-electron chi connectivity index (χ4n) is 3.66. The van der Waals surface area contributed by atoms with E-state index >= 15 is 0 Å². The third-order valence-corrected chi connectivity index (χ3v) is 6.24. The van der Waals surface area contributed by atoms with E-state index in [4.69, 9.17) is 0 Å². The largest absolute Gasteiger partial charge is 0.390 e. The number of aliphatic hydroxyl groups excluding tert-OH is 3. The van der Waals surface area contributed by atoms with Gasteiger partial charge < -0.3 is 19.8 Å². The number of hydrogen-bond donors (Lipinski definition) is 3. The monoisotopic (exact) mass is 374 g/mol. The molecule has 4 nitrogen and oxygen atoms in total. The Labute approximate surface area is 163 Å². The van der Waals surface area contributed by atoms with E-state index in [9.17, 15) is 15.3 Å². The van der Waals surface area contributed by atoms with E-state index < -0.39 is 5.54 Å². The van der Waals surface area contributed by atoms with Crippen LogP contribution in [0.3, 0.4) is 0 Å². The third kappa shape index (κ3) is 10.2. The Bertz CT molecular complexity index is 295. The van der Waals surface area contributed by atoms with Crippen LogP contribution in [-0.4, -0.2) is 65.8 Å². The van der Waals surface area contributed by atoms with E-state index in [2.05, 4.69) is 6.92 Å². The average Bonchev–Trinajstić information content (AvgIpc) is 2.63. The van der Waals surface area contributed by atoms with Crippen molar-refractivity contribution in [3.05, 3.63) is 0 Å². The highest BCUT2D eigenvalue weighted by Gasteiger charge is 2.44. The SMILES string of the molecule is CCCCCCCCCCCCCCCC[N+](C)(C)C(CO)(CO)CO. The molecule has 0 radical (unpaired) electrons. The first-order chi connectivity index (χ1) is 12.5. The highest BCUT2D eigenvalue weighted by molar-refractivity contribution is 4.78. The van der Waals surface area contributed by atoms with Crippen molar-refractivity contribution in [2.24, 2.45) is 0 Å². The van der Waals surface area contributed by atoms with Crippen molar-refractivity contribution in [1.29, 1.82) is 0 Å². The van der Waals surface area contributed by atoms with Crippen LogP contribution in [0.15, 0.2) is 0 Å². The number of hydrogen-bond acceptors (Lipinski definition) is 3. The van der Waals surface area contributed by atoms with Gasteiger partial charge in [-0.15, -0.1) is 0 Å². The molecule has 0 bridgehead atoms. The minimum Gasteiger partial charge on any atom is -0.390 e. The molecule has 0 aromatic heterocycles. The minimum atomic E-state index is -0.837. The van der Waals surface area contributed by atoms with Crippen molar-refractivity contribution in [2.75, 3.05) is 40.5 Å². The fourth-order valence-corrected chi connectivity index (χ4v) is 3.66. The van der Waals surface area contributed by atoms with Crippen molar-refractivity contribution in [2.45, 2.75) is 102 Å². The highest BCUT2D eigenvalue weighted by Crippen LogP contribution is 2.22. The number of unbranched alkanes of at least 4 members (excludes halogenated alkanes) is 13. The number of likely N-dealkylation sites (N-methyl/N-ethyl adjacent to an activating group) is 1. The molecule has 26 heavy (non-hydrogen) atoms. The molecule has 0 spiro atoms. The zero-order valence-electron chi connectivity index (χ0n) is 18.0. The van der Waals surface area contributed by atoms with E-state index in [-0.39, 0.29) is 19.8 Å². The second kappa shape index (κ2) is 15.9. The molecule has 0 fully saturated rings. The number of aliphatic hydroxyl groups is 3. The summed E-state index contributed by atoms with van der Waals surface area (Å²) in [4.78, 5) is 0. The van der Waals surface area contributed by atoms with E-state index in [1.54, 1.807) is 0 Å². The quantitative estimate of drug-likeness (QED) is 0.234. The van der Waals surface area contributed by atoms with Crippen LogP contribution in [0, 0.1) is 0 Å². The van der Waals surface area contributed by atoms with Crippen LogP contribution in [0.5, 0.6) is 0 Å². The molecule has 0 atom stereocenters. The van der Waals surface area contributed by atoms with Crippen molar-refractivity contribution < 1.29 is 19.8 Å². The van der Waals surface area contributed by atoms with Crippen molar-refractivity contribution in [3.63, 3.8) is 0 Å². The van der Waals surface area contributed by atoms with Crippen LogP contribution in [0.25, 0.3) is 0 Å². The Kier molecular flexibility index (Phi) is 15.8. The molecule has 0 aromatic rings. The van der Waals surface area contributed by atoms with Gasteiger partial charge in [-0.2, -0.15) is 0 Å². The number of rotatable bonds is 19. The second-order valence-corrected chi connectivity index (χ2v) is 8.70. The van der Waals surface area contributed by atoms with E-state index in [0.29, 0.717) is 4.48 Å². The van der Waals surface area contributed by atoms with Gasteiger partial charge in [-0.25, -0.2) is 0 Å². The maximum atomic E-state index is 9.59. The molecule has 0 aliphatic heterocycles. The molecule has 0 amide bonds. The topological polar surface area (TPSA) is 60.7 Å². The van der Waals surface area contributed by atoms with Gasteiger partial charge in [-0.05, 0) is 12.8 Å². The molecule has 0 aromatic carbocycles. The lowest BCUT2D eigenvalue weighted by Gasteiger charge is -2.45. The molecule has 4 heteroatoms. The summed E-state index contributed by atoms with van der Waals surface area (Å²) >= 11 is 0. The Morgan fingerprint density at radius 2 is 0.846 bits per heavy atom. The van der Waals surface area contributed by atoms with Gasteiger partial charge in [0, 0.05) is 0 Å². The van der Waals surface area contributed by atoms with Crippen molar-refractivity contribution in [1.82, 2.24) is 0 Å². The Morgan fingerprint density at radius 3 is 1.15 bits per heavy atom. The van der Waals surface area contributed by atoms with Gasteiger partial charge in [0.25, 0.3) is 0 Å². The van der Waals surface area contributed by atoms with Gasteiger partial charge in [0.15, 0.2) is 5.54 Å². The lowest BCUT2D eigenvalue weighted by Crippen LogP contribution is -2.66. The normalized spacial score (nSPS) is 12.7. The number of quaternary nitrogens is 1. The smallest absolute Gasteiger partial charge is 0.168 e. The predicted octanol–water partition coefficient (Wildman–Crippen LogP) is 4.26. The van der Waals surface area contributed by atoms with Crippen molar-refractivity contribution >= 4 is 0 Å². The standard InChI is InChI=1S/C22H48NO3/c1-4-5-6-7-8-9-10-11-12-13-14-15-16-17-18-23(2,3)22(19-24,20-25)21-26/h24-26H,4-21H2,1-3H3/q+1. The molecule has 0 aliphatic carbocycles. The van der Waals surface area contributed by atoms with Gasteiger partial charge in [0.1, 0.15) is 19.8 Å². The summed E-state index contributed by atoms with van der Waals surface area (Å²) < 4.78 is 0.467. The third-order valence-electron chi connectivity index (χ3n) is 6.24. The van der Waals surface area contributed by atoms with Crippen LogP contribution in [0.1, 0.15) is 96.8 Å². The van der Waals surface area contributed by atoms with Gasteiger partial charge >= 0.3 is 0 Å². The molecule has 0 saturated heterocycles. The zero-order valence-corrected chi connectivity index (χ0v) is 18.0.